The van der Waals surface area contributed by atoms with E-state index in [0.29, 0.717) is 12.1 Å². The highest BCUT2D eigenvalue weighted by atomic mass is 79.9. The predicted octanol–water partition coefficient (Wildman–Crippen LogP) is 3.87. The van der Waals surface area contributed by atoms with Gasteiger partial charge in [0.15, 0.2) is 0 Å². The van der Waals surface area contributed by atoms with E-state index in [-0.39, 0.29) is 11.7 Å². The molecular formula is C16H16BrFN2O. The SMILES string of the molecule is CNC(=O)c1ccc(C)c(NCc2cc(F)ccc2Br)c1. The molecule has 0 aromatic heterocycles. The van der Waals surface area contributed by atoms with Crippen molar-refractivity contribution in [2.24, 2.45) is 0 Å². The molecule has 0 atom stereocenters. The Morgan fingerprint density at radius 3 is 2.71 bits per heavy atom. The summed E-state index contributed by atoms with van der Waals surface area (Å²) in [6, 6.07) is 10.0. The number of aryl methyl sites for hydroxylation is 1. The Kier molecular flexibility index (Phi) is 4.96. The third kappa shape index (κ3) is 3.82. The summed E-state index contributed by atoms with van der Waals surface area (Å²) in [4.78, 5) is 11.7. The van der Waals surface area contributed by atoms with Crippen molar-refractivity contribution >= 4 is 27.5 Å². The van der Waals surface area contributed by atoms with Crippen LogP contribution < -0.4 is 10.6 Å². The summed E-state index contributed by atoms with van der Waals surface area (Å²) >= 11 is 3.40. The van der Waals surface area contributed by atoms with Gasteiger partial charge in [0.25, 0.3) is 5.91 Å². The van der Waals surface area contributed by atoms with Gasteiger partial charge in [-0.15, -0.1) is 0 Å². The Morgan fingerprint density at radius 1 is 1.24 bits per heavy atom. The van der Waals surface area contributed by atoms with Gasteiger partial charge in [0, 0.05) is 29.3 Å². The predicted molar refractivity (Wildman–Crippen MR) is 86.0 cm³/mol. The highest BCUT2D eigenvalue weighted by Crippen LogP contribution is 2.22. The molecule has 0 heterocycles. The van der Waals surface area contributed by atoms with Crippen molar-refractivity contribution in [2.75, 3.05) is 12.4 Å². The minimum absolute atomic E-state index is 0.134. The van der Waals surface area contributed by atoms with Gasteiger partial charge in [0.05, 0.1) is 0 Å². The maximum absolute atomic E-state index is 13.3. The first kappa shape index (κ1) is 15.5. The standard InChI is InChI=1S/C16H16BrFN2O/c1-10-3-4-11(16(21)19-2)8-15(10)20-9-12-7-13(18)5-6-14(12)17/h3-8,20H,9H2,1-2H3,(H,19,21). The van der Waals surface area contributed by atoms with Crippen molar-refractivity contribution in [1.29, 1.82) is 0 Å². The smallest absolute Gasteiger partial charge is 0.251 e. The van der Waals surface area contributed by atoms with E-state index in [1.165, 1.54) is 12.1 Å². The summed E-state index contributed by atoms with van der Waals surface area (Å²) < 4.78 is 14.1. The Hall–Kier alpha value is -1.88. The van der Waals surface area contributed by atoms with E-state index >= 15 is 0 Å². The van der Waals surface area contributed by atoms with Gasteiger partial charge in [-0.25, -0.2) is 4.39 Å². The molecule has 3 nitrogen and oxygen atoms in total. The molecule has 0 aliphatic rings. The number of nitrogens with one attached hydrogen (secondary N) is 2. The monoisotopic (exact) mass is 350 g/mol. The molecule has 2 aromatic rings. The van der Waals surface area contributed by atoms with Gasteiger partial charge in [-0.1, -0.05) is 22.0 Å². The molecule has 0 radical (unpaired) electrons. The maximum Gasteiger partial charge on any atom is 0.251 e. The number of amides is 1. The van der Waals surface area contributed by atoms with Gasteiger partial charge in [-0.3, -0.25) is 4.79 Å². The molecule has 0 saturated carbocycles. The lowest BCUT2D eigenvalue weighted by molar-refractivity contribution is 0.0963. The first-order chi connectivity index (χ1) is 10.0. The van der Waals surface area contributed by atoms with Crippen LogP contribution in [0.1, 0.15) is 21.5 Å². The summed E-state index contributed by atoms with van der Waals surface area (Å²) in [5, 5.41) is 5.83. The van der Waals surface area contributed by atoms with Gasteiger partial charge in [-0.05, 0) is 48.4 Å². The van der Waals surface area contributed by atoms with Crippen LogP contribution >= 0.6 is 15.9 Å². The highest BCUT2D eigenvalue weighted by molar-refractivity contribution is 9.10. The second kappa shape index (κ2) is 6.72. The number of carbonyl (C=O) groups is 1. The van der Waals surface area contributed by atoms with Gasteiger partial charge in [-0.2, -0.15) is 0 Å². The lowest BCUT2D eigenvalue weighted by atomic mass is 10.1. The molecule has 0 spiro atoms. The molecule has 2 N–H and O–H groups in total. The molecule has 5 heteroatoms. The highest BCUT2D eigenvalue weighted by Gasteiger charge is 2.07. The average molecular weight is 351 g/mol. The maximum atomic E-state index is 13.3. The fraction of sp³-hybridized carbons (Fsp3) is 0.188. The first-order valence-corrected chi connectivity index (χ1v) is 7.31. The number of carbonyl (C=O) groups excluding carboxylic acids is 1. The second-order valence-electron chi connectivity index (χ2n) is 4.70. The summed E-state index contributed by atoms with van der Waals surface area (Å²) in [6.45, 7) is 2.42. The quantitative estimate of drug-likeness (QED) is 0.878. The molecule has 21 heavy (non-hydrogen) atoms. The van der Waals surface area contributed by atoms with Crippen molar-refractivity contribution in [3.63, 3.8) is 0 Å². The molecule has 0 unspecified atom stereocenters. The van der Waals surface area contributed by atoms with E-state index in [0.717, 1.165) is 21.3 Å². The zero-order valence-corrected chi connectivity index (χ0v) is 13.4. The fourth-order valence-corrected chi connectivity index (χ4v) is 2.35. The molecule has 1 amide bonds. The van der Waals surface area contributed by atoms with Crippen LogP contribution in [0.2, 0.25) is 0 Å². The van der Waals surface area contributed by atoms with Crippen LogP contribution in [0.15, 0.2) is 40.9 Å². The minimum atomic E-state index is -0.272. The topological polar surface area (TPSA) is 41.1 Å². The van der Waals surface area contributed by atoms with Crippen LogP contribution in [0, 0.1) is 12.7 Å². The van der Waals surface area contributed by atoms with Gasteiger partial charge >= 0.3 is 0 Å². The largest absolute Gasteiger partial charge is 0.381 e. The summed E-state index contributed by atoms with van der Waals surface area (Å²) in [5.41, 5.74) is 3.28. The van der Waals surface area contributed by atoms with Gasteiger partial charge in [0.2, 0.25) is 0 Å². The van der Waals surface area contributed by atoms with E-state index < -0.39 is 0 Å². The van der Waals surface area contributed by atoms with Crippen LogP contribution in [-0.2, 0) is 6.54 Å². The van der Waals surface area contributed by atoms with E-state index in [1.54, 1.807) is 25.2 Å². The van der Waals surface area contributed by atoms with E-state index in [9.17, 15) is 9.18 Å². The Labute approximate surface area is 131 Å². The van der Waals surface area contributed by atoms with Crippen molar-refractivity contribution in [3.05, 3.63) is 63.4 Å². The Balaban J connectivity index is 2.19. The lowest BCUT2D eigenvalue weighted by Gasteiger charge is -2.12. The fourth-order valence-electron chi connectivity index (χ4n) is 1.97. The molecule has 0 aliphatic carbocycles. The normalized spacial score (nSPS) is 10.3. The minimum Gasteiger partial charge on any atom is -0.381 e. The summed E-state index contributed by atoms with van der Waals surface area (Å²) in [7, 11) is 1.60. The van der Waals surface area contributed by atoms with E-state index in [4.69, 9.17) is 0 Å². The number of rotatable bonds is 4. The molecular weight excluding hydrogens is 335 g/mol. The molecule has 0 aliphatic heterocycles. The van der Waals surface area contributed by atoms with Crippen molar-refractivity contribution in [2.45, 2.75) is 13.5 Å². The number of halogens is 2. The Bertz CT molecular complexity index is 673. The molecule has 110 valence electrons. The van der Waals surface area contributed by atoms with Crippen molar-refractivity contribution < 1.29 is 9.18 Å². The number of anilines is 1. The lowest BCUT2D eigenvalue weighted by Crippen LogP contribution is -2.18. The third-order valence-electron chi connectivity index (χ3n) is 3.20. The molecule has 0 saturated heterocycles. The van der Waals surface area contributed by atoms with Crippen molar-refractivity contribution in [3.8, 4) is 0 Å². The molecule has 0 bridgehead atoms. The van der Waals surface area contributed by atoms with Crippen LogP contribution in [0.5, 0.6) is 0 Å². The zero-order chi connectivity index (χ0) is 15.4. The Morgan fingerprint density at radius 2 is 2.00 bits per heavy atom. The van der Waals surface area contributed by atoms with Crippen LogP contribution in [0.3, 0.4) is 0 Å². The third-order valence-corrected chi connectivity index (χ3v) is 3.98. The molecule has 2 aromatic carbocycles. The first-order valence-electron chi connectivity index (χ1n) is 6.52. The summed E-state index contributed by atoms with van der Waals surface area (Å²) in [5.74, 6) is -0.407. The zero-order valence-electron chi connectivity index (χ0n) is 11.8. The van der Waals surface area contributed by atoms with Crippen LogP contribution in [-0.4, -0.2) is 13.0 Å². The van der Waals surface area contributed by atoms with Crippen molar-refractivity contribution in [1.82, 2.24) is 5.32 Å². The molecule has 2 rings (SSSR count). The second-order valence-corrected chi connectivity index (χ2v) is 5.55. The number of hydrogen-bond acceptors (Lipinski definition) is 2. The van der Waals surface area contributed by atoms with Crippen LogP contribution in [0.4, 0.5) is 10.1 Å². The molecule has 0 fully saturated rings. The van der Waals surface area contributed by atoms with E-state index in [2.05, 4.69) is 26.6 Å². The van der Waals surface area contributed by atoms with Gasteiger partial charge < -0.3 is 10.6 Å². The average Bonchev–Trinajstić information content (AvgIpc) is 2.48. The number of benzene rings is 2. The van der Waals surface area contributed by atoms with Crippen LogP contribution in [0.25, 0.3) is 0 Å². The summed E-state index contributed by atoms with van der Waals surface area (Å²) in [6.07, 6.45) is 0. The van der Waals surface area contributed by atoms with Gasteiger partial charge in [0.1, 0.15) is 5.82 Å². The number of hydrogen-bond donors (Lipinski definition) is 2. The van der Waals surface area contributed by atoms with E-state index in [1.807, 2.05) is 13.0 Å².